The van der Waals surface area contributed by atoms with Crippen LogP contribution >= 0.6 is 11.8 Å². The molecule has 0 saturated carbocycles. The van der Waals surface area contributed by atoms with Gasteiger partial charge >= 0.3 is 5.97 Å². The van der Waals surface area contributed by atoms with E-state index >= 15 is 0 Å². The van der Waals surface area contributed by atoms with Crippen molar-refractivity contribution >= 4 is 29.3 Å². The van der Waals surface area contributed by atoms with Crippen LogP contribution in [0.4, 0.5) is 10.1 Å². The highest BCUT2D eigenvalue weighted by molar-refractivity contribution is 8.00. The normalized spacial score (nSPS) is 12.8. The molecule has 1 aliphatic heterocycles. The number of rotatable bonds is 6. The summed E-state index contributed by atoms with van der Waals surface area (Å²) >= 11 is 1.02. The van der Waals surface area contributed by atoms with Crippen LogP contribution in [0.1, 0.15) is 6.42 Å². The van der Waals surface area contributed by atoms with Gasteiger partial charge in [-0.3, -0.25) is 9.59 Å². The highest BCUT2D eigenvalue weighted by Crippen LogP contribution is 2.32. The minimum Gasteiger partial charge on any atom is -0.490 e. The molecule has 1 amide bonds. The molecule has 27 heavy (non-hydrogen) atoms. The Hall–Kier alpha value is -2.74. The second-order valence-electron chi connectivity index (χ2n) is 5.64. The lowest BCUT2D eigenvalue weighted by atomic mass is 10.2. The molecule has 1 heterocycles. The van der Waals surface area contributed by atoms with Crippen LogP contribution in [-0.4, -0.2) is 37.4 Å². The molecule has 0 aliphatic carbocycles. The number of fused-ring (bicyclic) bond motifs is 1. The molecule has 6 nitrogen and oxygen atoms in total. The molecule has 3 rings (SSSR count). The highest BCUT2D eigenvalue weighted by Gasteiger charge is 2.13. The summed E-state index contributed by atoms with van der Waals surface area (Å²) < 4.78 is 29.5. The molecule has 1 N–H and O–H groups in total. The zero-order valence-corrected chi connectivity index (χ0v) is 15.2. The number of nitrogens with one attached hydrogen (secondary N) is 1. The number of hydrogen-bond donors (Lipinski definition) is 1. The van der Waals surface area contributed by atoms with Crippen molar-refractivity contribution in [2.24, 2.45) is 0 Å². The number of halogens is 1. The van der Waals surface area contributed by atoms with Crippen molar-refractivity contribution in [3.05, 3.63) is 48.3 Å². The third-order valence-corrected chi connectivity index (χ3v) is 4.60. The van der Waals surface area contributed by atoms with E-state index in [1.54, 1.807) is 36.4 Å². The van der Waals surface area contributed by atoms with Crippen LogP contribution in [0.5, 0.6) is 11.5 Å². The van der Waals surface area contributed by atoms with E-state index in [0.717, 1.165) is 18.2 Å². The minimum atomic E-state index is -0.600. The Labute approximate surface area is 160 Å². The number of ether oxygens (including phenoxy) is 3. The van der Waals surface area contributed by atoms with Crippen LogP contribution in [0.25, 0.3) is 0 Å². The average Bonchev–Trinajstić information content (AvgIpc) is 2.90. The van der Waals surface area contributed by atoms with E-state index in [1.165, 1.54) is 6.07 Å². The molecule has 2 aromatic rings. The van der Waals surface area contributed by atoms with Gasteiger partial charge in [-0.25, -0.2) is 4.39 Å². The maximum Gasteiger partial charge on any atom is 0.316 e. The number of anilines is 1. The lowest BCUT2D eigenvalue weighted by molar-refractivity contribution is -0.144. The fourth-order valence-corrected chi connectivity index (χ4v) is 3.06. The van der Waals surface area contributed by atoms with Crippen molar-refractivity contribution in [2.45, 2.75) is 11.3 Å². The number of esters is 1. The van der Waals surface area contributed by atoms with Gasteiger partial charge in [-0.05, 0) is 24.3 Å². The summed E-state index contributed by atoms with van der Waals surface area (Å²) in [6.07, 6.45) is 0.789. The van der Waals surface area contributed by atoms with E-state index in [4.69, 9.17) is 14.2 Å². The maximum absolute atomic E-state index is 13.5. The number of benzene rings is 2. The fourth-order valence-electron chi connectivity index (χ4n) is 2.32. The van der Waals surface area contributed by atoms with Gasteiger partial charge in [0.25, 0.3) is 5.91 Å². The molecule has 1 aliphatic rings. The largest absolute Gasteiger partial charge is 0.490 e. The third-order valence-electron chi connectivity index (χ3n) is 3.58. The van der Waals surface area contributed by atoms with Gasteiger partial charge in [0.2, 0.25) is 0 Å². The topological polar surface area (TPSA) is 73.9 Å². The smallest absolute Gasteiger partial charge is 0.316 e. The molecule has 0 bridgehead atoms. The van der Waals surface area contributed by atoms with Crippen LogP contribution in [0.3, 0.4) is 0 Å². The van der Waals surface area contributed by atoms with Gasteiger partial charge in [0, 0.05) is 23.1 Å². The summed E-state index contributed by atoms with van der Waals surface area (Å²) in [5, 5.41) is 2.63. The van der Waals surface area contributed by atoms with Crippen LogP contribution < -0.4 is 14.8 Å². The maximum atomic E-state index is 13.5. The lowest BCUT2D eigenvalue weighted by Crippen LogP contribution is -2.21. The molecule has 0 aromatic heterocycles. The monoisotopic (exact) mass is 391 g/mol. The van der Waals surface area contributed by atoms with Gasteiger partial charge in [-0.2, -0.15) is 0 Å². The first-order valence-electron chi connectivity index (χ1n) is 8.34. The van der Waals surface area contributed by atoms with Crippen molar-refractivity contribution in [3.8, 4) is 11.5 Å². The van der Waals surface area contributed by atoms with Gasteiger partial charge in [-0.1, -0.05) is 12.1 Å². The SMILES string of the molecule is O=C(COC(=O)CSc1ccccc1F)Nc1ccc2c(c1)OCCCO2. The second kappa shape index (κ2) is 9.27. The van der Waals surface area contributed by atoms with E-state index in [-0.39, 0.29) is 5.75 Å². The third kappa shape index (κ3) is 5.62. The predicted molar refractivity (Wildman–Crippen MR) is 98.8 cm³/mol. The molecule has 0 radical (unpaired) electrons. The van der Waals surface area contributed by atoms with Gasteiger partial charge in [-0.15, -0.1) is 11.8 Å². The Morgan fingerprint density at radius 3 is 2.70 bits per heavy atom. The van der Waals surface area contributed by atoms with Crippen molar-refractivity contribution in [2.75, 3.05) is 30.9 Å². The molecule has 2 aromatic carbocycles. The van der Waals surface area contributed by atoms with Crippen LogP contribution in [-0.2, 0) is 14.3 Å². The molecule has 0 fully saturated rings. The Balaban J connectivity index is 1.45. The van der Waals surface area contributed by atoms with Crippen molar-refractivity contribution in [1.29, 1.82) is 0 Å². The quantitative estimate of drug-likeness (QED) is 0.602. The Morgan fingerprint density at radius 1 is 1.11 bits per heavy atom. The first kappa shape index (κ1) is 19.0. The van der Waals surface area contributed by atoms with E-state index in [2.05, 4.69) is 5.32 Å². The molecular weight excluding hydrogens is 373 g/mol. The van der Waals surface area contributed by atoms with Crippen LogP contribution in [0, 0.1) is 5.82 Å². The number of thioether (sulfide) groups is 1. The summed E-state index contributed by atoms with van der Waals surface area (Å²) in [5.74, 6) is -0.378. The first-order chi connectivity index (χ1) is 13.1. The molecule has 142 valence electrons. The summed E-state index contributed by atoms with van der Waals surface area (Å²) in [5.41, 5.74) is 0.515. The van der Waals surface area contributed by atoms with E-state index in [1.807, 2.05) is 0 Å². The molecule has 8 heteroatoms. The first-order valence-corrected chi connectivity index (χ1v) is 9.33. The van der Waals surface area contributed by atoms with Crippen LogP contribution in [0.2, 0.25) is 0 Å². The fraction of sp³-hybridized carbons (Fsp3) is 0.263. The summed E-state index contributed by atoms with van der Waals surface area (Å²) in [4.78, 5) is 24.0. The second-order valence-corrected chi connectivity index (χ2v) is 6.66. The Morgan fingerprint density at radius 2 is 1.89 bits per heavy atom. The summed E-state index contributed by atoms with van der Waals surface area (Å²) in [6, 6.07) is 11.2. The summed E-state index contributed by atoms with van der Waals surface area (Å²) in [7, 11) is 0. The molecule has 0 spiro atoms. The average molecular weight is 391 g/mol. The van der Waals surface area contributed by atoms with Gasteiger partial charge in [0.15, 0.2) is 18.1 Å². The summed E-state index contributed by atoms with van der Waals surface area (Å²) in [6.45, 7) is 0.701. The molecule has 0 saturated heterocycles. The van der Waals surface area contributed by atoms with Crippen LogP contribution in [0.15, 0.2) is 47.4 Å². The van der Waals surface area contributed by atoms with Crippen molar-refractivity contribution in [1.82, 2.24) is 0 Å². The standard InChI is InChI=1S/C19H18FNO5S/c20-14-4-1-2-5-17(14)27-12-19(23)26-11-18(22)21-13-6-7-15-16(10-13)25-9-3-8-24-15/h1-2,4-7,10H,3,8-9,11-12H2,(H,21,22). The zero-order chi connectivity index (χ0) is 19.1. The number of hydrogen-bond acceptors (Lipinski definition) is 6. The minimum absolute atomic E-state index is 0.0851. The van der Waals surface area contributed by atoms with Crippen molar-refractivity contribution < 1.29 is 28.2 Å². The van der Waals surface area contributed by atoms with E-state index in [0.29, 0.717) is 35.3 Å². The Kier molecular flexibility index (Phi) is 6.54. The van der Waals surface area contributed by atoms with E-state index < -0.39 is 24.3 Å². The number of carbonyl (C=O) groups is 2. The molecule has 0 unspecified atom stereocenters. The van der Waals surface area contributed by atoms with Gasteiger partial charge in [0.05, 0.1) is 19.0 Å². The highest BCUT2D eigenvalue weighted by atomic mass is 32.2. The van der Waals surface area contributed by atoms with E-state index in [9.17, 15) is 14.0 Å². The van der Waals surface area contributed by atoms with Gasteiger partial charge in [0.1, 0.15) is 5.82 Å². The van der Waals surface area contributed by atoms with Gasteiger partial charge < -0.3 is 19.5 Å². The predicted octanol–water partition coefficient (Wildman–Crippen LogP) is 3.26. The molecular formula is C19H18FNO5S. The lowest BCUT2D eigenvalue weighted by Gasteiger charge is -2.10. The Bertz CT molecular complexity index is 829. The number of amides is 1. The zero-order valence-electron chi connectivity index (χ0n) is 14.4. The molecule has 0 atom stereocenters. The van der Waals surface area contributed by atoms with Crippen molar-refractivity contribution in [3.63, 3.8) is 0 Å². The number of carbonyl (C=O) groups excluding carboxylic acids is 2.